The third kappa shape index (κ3) is 2.95. The van der Waals surface area contributed by atoms with Crippen molar-refractivity contribution in [3.63, 3.8) is 0 Å². The van der Waals surface area contributed by atoms with E-state index in [2.05, 4.69) is 22.4 Å². The van der Waals surface area contributed by atoms with Crippen molar-refractivity contribution in [3.05, 3.63) is 83.6 Å². The van der Waals surface area contributed by atoms with Crippen molar-refractivity contribution in [1.82, 2.24) is 5.32 Å². The number of benzene rings is 2. The van der Waals surface area contributed by atoms with Crippen LogP contribution in [0, 0.1) is 0 Å². The van der Waals surface area contributed by atoms with E-state index >= 15 is 0 Å². The minimum Gasteiger partial charge on any atom is -0.370 e. The summed E-state index contributed by atoms with van der Waals surface area (Å²) in [5.74, 6) is 0.342. The average Bonchev–Trinajstić information content (AvgIpc) is 2.48. The van der Waals surface area contributed by atoms with Crippen LogP contribution >= 0.6 is 0 Å². The third-order valence-electron chi connectivity index (χ3n) is 3.46. The van der Waals surface area contributed by atoms with Gasteiger partial charge in [0.25, 0.3) is 0 Å². The molecule has 0 saturated heterocycles. The zero-order chi connectivity index (χ0) is 14.7. The van der Waals surface area contributed by atoms with E-state index in [9.17, 15) is 0 Å². The molecule has 2 aromatic rings. The summed E-state index contributed by atoms with van der Waals surface area (Å²) in [6.45, 7) is 0. The highest BCUT2D eigenvalue weighted by Gasteiger charge is 2.28. The van der Waals surface area contributed by atoms with E-state index in [1.807, 2.05) is 54.6 Å². The fraction of sp³-hybridized carbons (Fsp3) is 0.118. The molecule has 0 spiro atoms. The number of hydrogen-bond acceptors (Lipinski definition) is 4. The lowest BCUT2D eigenvalue weighted by atomic mass is 9.97. The zero-order valence-electron chi connectivity index (χ0n) is 11.7. The van der Waals surface area contributed by atoms with E-state index in [1.54, 1.807) is 0 Å². The van der Waals surface area contributed by atoms with Crippen molar-refractivity contribution in [3.8, 4) is 0 Å². The topological polar surface area (TPSA) is 76.4 Å². The van der Waals surface area contributed by atoms with Crippen LogP contribution in [0.5, 0.6) is 0 Å². The second kappa shape index (κ2) is 5.42. The Kier molecular flexibility index (Phi) is 3.46. The molecule has 1 aliphatic heterocycles. The predicted molar refractivity (Wildman–Crippen MR) is 85.3 cm³/mol. The second-order valence-electron chi connectivity index (χ2n) is 5.15. The molecule has 1 heterocycles. The highest BCUT2D eigenvalue weighted by molar-refractivity contribution is 5.81. The van der Waals surface area contributed by atoms with Crippen molar-refractivity contribution in [2.75, 3.05) is 0 Å². The van der Waals surface area contributed by atoms with Gasteiger partial charge in [0.2, 0.25) is 0 Å². The Bertz CT molecular complexity index is 676. The summed E-state index contributed by atoms with van der Waals surface area (Å²) in [6, 6.07) is 19.9. The molecule has 0 radical (unpaired) electrons. The summed E-state index contributed by atoms with van der Waals surface area (Å²) >= 11 is 0. The van der Waals surface area contributed by atoms with Crippen molar-refractivity contribution < 1.29 is 0 Å². The van der Waals surface area contributed by atoms with Gasteiger partial charge in [0, 0.05) is 12.1 Å². The monoisotopic (exact) mass is 278 g/mol. The molecule has 106 valence electrons. The van der Waals surface area contributed by atoms with Crippen LogP contribution in [0.15, 0.2) is 77.4 Å². The largest absolute Gasteiger partial charge is 0.370 e. The quantitative estimate of drug-likeness (QED) is 0.802. The minimum absolute atomic E-state index is 0.342. The zero-order valence-corrected chi connectivity index (χ0v) is 11.7. The van der Waals surface area contributed by atoms with Crippen molar-refractivity contribution in [2.24, 2.45) is 16.5 Å². The molecule has 0 saturated carbocycles. The molecule has 0 aliphatic carbocycles. The average molecular weight is 278 g/mol. The van der Waals surface area contributed by atoms with Gasteiger partial charge in [0.05, 0.1) is 0 Å². The lowest BCUT2D eigenvalue weighted by Gasteiger charge is -2.29. The highest BCUT2D eigenvalue weighted by atomic mass is 15.2. The Morgan fingerprint density at radius 1 is 0.952 bits per heavy atom. The van der Waals surface area contributed by atoms with Gasteiger partial charge in [-0.2, -0.15) is 0 Å². The van der Waals surface area contributed by atoms with E-state index in [1.165, 1.54) is 5.56 Å². The van der Waals surface area contributed by atoms with Crippen LogP contribution in [0.1, 0.15) is 11.1 Å². The number of nitrogens with zero attached hydrogens (tertiary/aromatic N) is 1. The van der Waals surface area contributed by atoms with Crippen LogP contribution in [0.3, 0.4) is 0 Å². The smallest absolute Gasteiger partial charge is 0.195 e. The molecule has 3 rings (SSSR count). The maximum atomic E-state index is 6.43. The van der Waals surface area contributed by atoms with Gasteiger partial charge in [-0.05, 0) is 17.2 Å². The third-order valence-corrected chi connectivity index (χ3v) is 3.46. The van der Waals surface area contributed by atoms with Gasteiger partial charge >= 0.3 is 0 Å². The second-order valence-corrected chi connectivity index (χ2v) is 5.15. The Labute approximate surface area is 124 Å². The van der Waals surface area contributed by atoms with Crippen molar-refractivity contribution >= 4 is 5.96 Å². The molecule has 2 aromatic carbocycles. The Morgan fingerprint density at radius 2 is 1.57 bits per heavy atom. The first kappa shape index (κ1) is 13.4. The summed E-state index contributed by atoms with van der Waals surface area (Å²) in [5, 5.41) is 3.10. The first-order valence-electron chi connectivity index (χ1n) is 6.88. The maximum absolute atomic E-state index is 6.43. The fourth-order valence-electron chi connectivity index (χ4n) is 2.49. The van der Waals surface area contributed by atoms with Crippen molar-refractivity contribution in [1.29, 1.82) is 0 Å². The molecule has 21 heavy (non-hydrogen) atoms. The summed E-state index contributed by atoms with van der Waals surface area (Å²) in [7, 11) is 0. The van der Waals surface area contributed by atoms with E-state index in [0.717, 1.165) is 17.7 Å². The molecule has 1 unspecified atom stereocenters. The Morgan fingerprint density at radius 3 is 2.24 bits per heavy atom. The number of aliphatic imine (C=N–C) groups is 1. The summed E-state index contributed by atoms with van der Waals surface area (Å²) in [5.41, 5.74) is 14.5. The fourth-order valence-corrected chi connectivity index (χ4v) is 2.49. The van der Waals surface area contributed by atoms with Crippen LogP contribution in [-0.2, 0) is 12.1 Å². The molecular formula is C17H18N4. The number of nitrogens with one attached hydrogen (secondary N) is 1. The minimum atomic E-state index is -0.916. The van der Waals surface area contributed by atoms with Gasteiger partial charge in [0.15, 0.2) is 11.6 Å². The first-order chi connectivity index (χ1) is 10.2. The molecular weight excluding hydrogens is 260 g/mol. The Hall–Kier alpha value is -2.59. The predicted octanol–water partition coefficient (Wildman–Crippen LogP) is 1.84. The number of rotatable bonds is 3. The molecule has 0 fully saturated rings. The molecule has 0 bridgehead atoms. The number of allylic oxidation sites excluding steroid dienone is 1. The van der Waals surface area contributed by atoms with Gasteiger partial charge in [-0.25, -0.2) is 4.99 Å². The van der Waals surface area contributed by atoms with Gasteiger partial charge in [0.1, 0.15) is 0 Å². The number of hydrogen-bond donors (Lipinski definition) is 3. The van der Waals surface area contributed by atoms with Gasteiger partial charge in [-0.15, -0.1) is 0 Å². The first-order valence-corrected chi connectivity index (χ1v) is 6.88. The van der Waals surface area contributed by atoms with Gasteiger partial charge < -0.3 is 11.1 Å². The molecule has 1 aliphatic rings. The van der Waals surface area contributed by atoms with E-state index < -0.39 is 5.66 Å². The normalized spacial score (nSPS) is 21.2. The molecule has 5 N–H and O–H groups in total. The summed E-state index contributed by atoms with van der Waals surface area (Å²) in [6.07, 6.45) is 2.68. The highest BCUT2D eigenvalue weighted by Crippen LogP contribution is 2.25. The van der Waals surface area contributed by atoms with E-state index in [4.69, 9.17) is 11.5 Å². The van der Waals surface area contributed by atoms with Crippen LogP contribution < -0.4 is 16.8 Å². The van der Waals surface area contributed by atoms with Crippen LogP contribution in [0.25, 0.3) is 0 Å². The molecule has 4 heteroatoms. The number of nitrogens with two attached hydrogens (primary N) is 2. The van der Waals surface area contributed by atoms with Crippen molar-refractivity contribution in [2.45, 2.75) is 12.1 Å². The van der Waals surface area contributed by atoms with Gasteiger partial charge in [-0.1, -0.05) is 60.7 Å². The Balaban J connectivity index is 1.92. The molecule has 0 aromatic heterocycles. The molecule has 1 atom stereocenters. The van der Waals surface area contributed by atoms with E-state index in [-0.39, 0.29) is 0 Å². The lowest BCUT2D eigenvalue weighted by Crippen LogP contribution is -2.45. The lowest BCUT2D eigenvalue weighted by molar-refractivity contribution is 0.570. The van der Waals surface area contributed by atoms with Gasteiger partial charge in [-0.3, -0.25) is 5.73 Å². The van der Waals surface area contributed by atoms with Crippen LogP contribution in [0.4, 0.5) is 0 Å². The van der Waals surface area contributed by atoms with E-state index in [0.29, 0.717) is 5.96 Å². The molecule has 0 amide bonds. The SMILES string of the molecule is NC1=NC(N)(c2ccccc2)C=C(Cc2ccccc2)N1. The van der Waals surface area contributed by atoms with Crippen LogP contribution in [0.2, 0.25) is 0 Å². The number of guanidine groups is 1. The summed E-state index contributed by atoms with van der Waals surface area (Å²) in [4.78, 5) is 4.36. The maximum Gasteiger partial charge on any atom is 0.195 e. The summed E-state index contributed by atoms with van der Waals surface area (Å²) < 4.78 is 0. The molecule has 4 nitrogen and oxygen atoms in total. The standard InChI is InChI=1S/C17H18N4/c18-16-20-15(11-13-7-3-1-4-8-13)12-17(19,21-16)14-9-5-2-6-10-14/h1-10,12H,11,19H2,(H3,18,20,21). The van der Waals surface area contributed by atoms with Crippen LogP contribution in [-0.4, -0.2) is 5.96 Å².